The highest BCUT2D eigenvalue weighted by Crippen LogP contribution is 2.39. The number of hydrogen-bond donors (Lipinski definition) is 1. The maximum absolute atomic E-state index is 13.8. The van der Waals surface area contributed by atoms with E-state index < -0.39 is 5.82 Å². The van der Waals surface area contributed by atoms with Crippen LogP contribution in [0.2, 0.25) is 5.02 Å². The lowest BCUT2D eigenvalue weighted by atomic mass is 10.0. The van der Waals surface area contributed by atoms with Gasteiger partial charge in [-0.3, -0.25) is 0 Å². The van der Waals surface area contributed by atoms with Gasteiger partial charge in [-0.15, -0.1) is 0 Å². The lowest BCUT2D eigenvalue weighted by Gasteiger charge is -2.22. The molecule has 1 aromatic rings. The molecule has 3 nitrogen and oxygen atoms in total. The predicted molar refractivity (Wildman–Crippen MR) is 59.8 cm³/mol. The van der Waals surface area contributed by atoms with Crippen LogP contribution in [0.5, 0.6) is 11.5 Å². The molecule has 0 saturated heterocycles. The van der Waals surface area contributed by atoms with Crippen molar-refractivity contribution in [1.82, 2.24) is 0 Å². The average Bonchev–Trinajstić information content (AvgIpc) is 2.24. The Bertz CT molecular complexity index is 409. The van der Waals surface area contributed by atoms with Crippen LogP contribution in [0.15, 0.2) is 6.07 Å². The van der Waals surface area contributed by atoms with Crippen molar-refractivity contribution in [2.75, 3.05) is 13.2 Å². The molecule has 1 aromatic carbocycles. The van der Waals surface area contributed by atoms with E-state index >= 15 is 0 Å². The summed E-state index contributed by atoms with van der Waals surface area (Å²) in [5.74, 6) is 0.460. The first-order valence-corrected chi connectivity index (χ1v) is 5.49. The molecule has 1 atom stereocenters. The molecule has 0 aromatic heterocycles. The maximum Gasteiger partial charge on any atom is 0.167 e. The van der Waals surface area contributed by atoms with Crippen LogP contribution in [0.4, 0.5) is 4.39 Å². The highest BCUT2D eigenvalue weighted by molar-refractivity contribution is 6.31. The van der Waals surface area contributed by atoms with Gasteiger partial charge in [0.1, 0.15) is 19.0 Å². The largest absolute Gasteiger partial charge is 0.486 e. The molecule has 0 spiro atoms. The quantitative estimate of drug-likeness (QED) is 0.868. The van der Waals surface area contributed by atoms with Crippen LogP contribution in [0.25, 0.3) is 0 Å². The molecule has 0 radical (unpaired) electrons. The second-order valence-corrected chi connectivity index (χ2v) is 4.26. The third kappa shape index (κ3) is 2.08. The minimum absolute atomic E-state index is 0.0416. The molecule has 2 N–H and O–H groups in total. The summed E-state index contributed by atoms with van der Waals surface area (Å²) in [6.07, 6.45) is 0.373. The van der Waals surface area contributed by atoms with Crippen LogP contribution in [-0.4, -0.2) is 19.3 Å². The fraction of sp³-hybridized carbons (Fsp3) is 0.455. The van der Waals surface area contributed by atoms with Gasteiger partial charge in [-0.2, -0.15) is 0 Å². The van der Waals surface area contributed by atoms with Gasteiger partial charge in [0.15, 0.2) is 11.5 Å². The highest BCUT2D eigenvalue weighted by atomic mass is 35.5. The predicted octanol–water partition coefficient (Wildman–Crippen LogP) is 2.14. The SMILES string of the molecule is CC(N)Cc1c(F)c(Cl)cc2c1OCCO2. The van der Waals surface area contributed by atoms with Crippen molar-refractivity contribution in [3.63, 3.8) is 0 Å². The van der Waals surface area contributed by atoms with Crippen LogP contribution in [0, 0.1) is 5.82 Å². The van der Waals surface area contributed by atoms with Crippen molar-refractivity contribution < 1.29 is 13.9 Å². The third-order valence-electron chi connectivity index (χ3n) is 2.34. The summed E-state index contributed by atoms with van der Waals surface area (Å²) in [6.45, 7) is 2.67. The van der Waals surface area contributed by atoms with Crippen LogP contribution >= 0.6 is 11.6 Å². The Labute approximate surface area is 98.3 Å². The van der Waals surface area contributed by atoms with Crippen LogP contribution in [-0.2, 0) is 6.42 Å². The van der Waals surface area contributed by atoms with Gasteiger partial charge in [-0.1, -0.05) is 11.6 Å². The average molecular weight is 246 g/mol. The first-order chi connectivity index (χ1) is 7.59. The number of benzene rings is 1. The van der Waals surface area contributed by atoms with Gasteiger partial charge in [0.2, 0.25) is 0 Å². The van der Waals surface area contributed by atoms with E-state index in [-0.39, 0.29) is 11.1 Å². The molecule has 88 valence electrons. The van der Waals surface area contributed by atoms with Gasteiger partial charge in [-0.25, -0.2) is 4.39 Å². The molecule has 1 heterocycles. The summed E-state index contributed by atoms with van der Waals surface area (Å²) >= 11 is 5.78. The summed E-state index contributed by atoms with van der Waals surface area (Å²) in [5.41, 5.74) is 6.07. The second-order valence-electron chi connectivity index (χ2n) is 3.86. The molecule has 0 bridgehead atoms. The normalized spacial score (nSPS) is 16.0. The van der Waals surface area contributed by atoms with Crippen molar-refractivity contribution in [3.05, 3.63) is 22.5 Å². The highest BCUT2D eigenvalue weighted by Gasteiger charge is 2.23. The van der Waals surface area contributed by atoms with Gasteiger partial charge < -0.3 is 15.2 Å². The number of hydrogen-bond acceptors (Lipinski definition) is 3. The Morgan fingerprint density at radius 2 is 2.19 bits per heavy atom. The molecular formula is C11H13ClFNO2. The fourth-order valence-electron chi connectivity index (χ4n) is 1.70. The molecule has 0 aliphatic carbocycles. The van der Waals surface area contributed by atoms with E-state index in [1.54, 1.807) is 6.92 Å². The van der Waals surface area contributed by atoms with E-state index in [2.05, 4.69) is 0 Å². The zero-order chi connectivity index (χ0) is 11.7. The topological polar surface area (TPSA) is 44.5 Å². The van der Waals surface area contributed by atoms with Gasteiger partial charge in [0.05, 0.1) is 5.02 Å². The van der Waals surface area contributed by atoms with Crippen molar-refractivity contribution in [2.45, 2.75) is 19.4 Å². The second kappa shape index (κ2) is 4.47. The van der Waals surface area contributed by atoms with E-state index in [4.69, 9.17) is 26.8 Å². The number of rotatable bonds is 2. The molecule has 1 aliphatic rings. The lowest BCUT2D eigenvalue weighted by Crippen LogP contribution is -2.22. The zero-order valence-corrected chi connectivity index (χ0v) is 9.68. The Morgan fingerprint density at radius 3 is 2.88 bits per heavy atom. The van der Waals surface area contributed by atoms with Gasteiger partial charge in [0.25, 0.3) is 0 Å². The first kappa shape index (κ1) is 11.5. The minimum atomic E-state index is -0.469. The third-order valence-corrected chi connectivity index (χ3v) is 2.62. The summed E-state index contributed by atoms with van der Waals surface area (Å²) in [6, 6.07) is 1.28. The lowest BCUT2D eigenvalue weighted by molar-refractivity contribution is 0.168. The summed E-state index contributed by atoms with van der Waals surface area (Å²) in [4.78, 5) is 0. The number of ether oxygens (including phenoxy) is 2. The Morgan fingerprint density at radius 1 is 1.50 bits per heavy atom. The molecular weight excluding hydrogens is 233 g/mol. The zero-order valence-electron chi connectivity index (χ0n) is 8.93. The Balaban J connectivity index is 2.50. The minimum Gasteiger partial charge on any atom is -0.486 e. The van der Waals surface area contributed by atoms with Crippen LogP contribution in [0.3, 0.4) is 0 Å². The van der Waals surface area contributed by atoms with E-state index in [0.717, 1.165) is 0 Å². The maximum atomic E-state index is 13.8. The van der Waals surface area contributed by atoms with Gasteiger partial charge >= 0.3 is 0 Å². The van der Waals surface area contributed by atoms with Crippen molar-refractivity contribution in [2.24, 2.45) is 5.73 Å². The number of nitrogens with two attached hydrogens (primary N) is 1. The molecule has 0 fully saturated rings. The van der Waals surface area contributed by atoms with Crippen molar-refractivity contribution >= 4 is 11.6 Å². The summed E-state index contributed by atoms with van der Waals surface area (Å²) in [5, 5.41) is 0.0416. The van der Waals surface area contributed by atoms with Crippen LogP contribution < -0.4 is 15.2 Å². The fourth-order valence-corrected chi connectivity index (χ4v) is 1.91. The molecule has 2 rings (SSSR count). The van der Waals surface area contributed by atoms with Crippen LogP contribution in [0.1, 0.15) is 12.5 Å². The smallest absolute Gasteiger partial charge is 0.167 e. The molecule has 0 saturated carbocycles. The number of halogens is 2. The van der Waals surface area contributed by atoms with E-state index in [0.29, 0.717) is 36.7 Å². The molecule has 1 aliphatic heterocycles. The molecule has 0 amide bonds. The van der Waals surface area contributed by atoms with Crippen molar-refractivity contribution in [1.29, 1.82) is 0 Å². The van der Waals surface area contributed by atoms with E-state index in [9.17, 15) is 4.39 Å². The summed E-state index contributed by atoms with van der Waals surface area (Å²) in [7, 11) is 0. The van der Waals surface area contributed by atoms with E-state index in [1.165, 1.54) is 6.07 Å². The monoisotopic (exact) mass is 245 g/mol. The Kier molecular flexibility index (Phi) is 3.21. The Hall–Kier alpha value is -1.00. The van der Waals surface area contributed by atoms with Crippen molar-refractivity contribution in [3.8, 4) is 11.5 Å². The molecule has 5 heteroatoms. The summed E-state index contributed by atoms with van der Waals surface area (Å²) < 4.78 is 24.6. The molecule has 1 unspecified atom stereocenters. The standard InChI is InChI=1S/C11H13ClFNO2/c1-6(14)4-7-10(13)8(12)5-9-11(7)16-3-2-15-9/h5-6H,2-4,14H2,1H3. The first-order valence-electron chi connectivity index (χ1n) is 5.11. The number of fused-ring (bicyclic) bond motifs is 1. The van der Waals surface area contributed by atoms with E-state index in [1.807, 2.05) is 0 Å². The van der Waals surface area contributed by atoms with Gasteiger partial charge in [-0.05, 0) is 13.3 Å². The van der Waals surface area contributed by atoms with Gasteiger partial charge in [0, 0.05) is 17.7 Å². The molecule has 16 heavy (non-hydrogen) atoms.